The molecule has 0 aliphatic heterocycles. The van der Waals surface area contributed by atoms with Crippen LogP contribution >= 0.6 is 8.30 Å². The number of amides is 1. The lowest BCUT2D eigenvalue weighted by atomic mass is 10.3. The van der Waals surface area contributed by atoms with Gasteiger partial charge in [0.1, 0.15) is 8.30 Å². The van der Waals surface area contributed by atoms with E-state index < -0.39 is 8.30 Å². The molecule has 0 rings (SSSR count). The van der Waals surface area contributed by atoms with Crippen LogP contribution in [0.15, 0.2) is 0 Å². The molecule has 0 bridgehead atoms. The van der Waals surface area contributed by atoms with Gasteiger partial charge in [0, 0.05) is 25.6 Å². The Hall–Kier alpha value is -0.180. The Morgan fingerprint density at radius 2 is 1.78 bits per heavy atom. The van der Waals surface area contributed by atoms with E-state index in [2.05, 4.69) is 44.3 Å². The minimum Gasteiger partial charge on any atom is -0.356 e. The lowest BCUT2D eigenvalue weighted by molar-refractivity contribution is -0.118. The minimum absolute atomic E-state index is 0.0412. The Kier molecular flexibility index (Phi) is 9.61. The van der Waals surface area contributed by atoms with Gasteiger partial charge in [0.2, 0.25) is 5.91 Å². The van der Waals surface area contributed by atoms with Crippen molar-refractivity contribution in [2.45, 2.75) is 59.5 Å². The van der Waals surface area contributed by atoms with Crippen LogP contribution in [0.2, 0.25) is 0 Å². The molecule has 0 aliphatic carbocycles. The molecule has 0 saturated heterocycles. The van der Waals surface area contributed by atoms with Gasteiger partial charge < -0.3 is 9.84 Å². The van der Waals surface area contributed by atoms with E-state index in [0.717, 1.165) is 26.0 Å². The molecule has 1 N–H and O–H groups in total. The maximum Gasteiger partial charge on any atom is 0.216 e. The van der Waals surface area contributed by atoms with Crippen molar-refractivity contribution in [3.63, 3.8) is 0 Å². The van der Waals surface area contributed by atoms with E-state index in [1.54, 1.807) is 6.92 Å². The minimum atomic E-state index is -0.510. The van der Waals surface area contributed by atoms with E-state index in [0.29, 0.717) is 12.1 Å². The number of rotatable bonds is 9. The Morgan fingerprint density at radius 1 is 1.22 bits per heavy atom. The van der Waals surface area contributed by atoms with Crippen LogP contribution in [-0.4, -0.2) is 42.5 Å². The molecular formula is C13H29N2O2P. The van der Waals surface area contributed by atoms with Crippen LogP contribution in [0, 0.1) is 0 Å². The monoisotopic (exact) mass is 276 g/mol. The zero-order chi connectivity index (χ0) is 14.1. The molecule has 1 amide bonds. The highest BCUT2D eigenvalue weighted by Crippen LogP contribution is 2.40. The number of hydrogen-bond acceptors (Lipinski definition) is 3. The van der Waals surface area contributed by atoms with Crippen molar-refractivity contribution in [1.82, 2.24) is 9.99 Å². The van der Waals surface area contributed by atoms with Crippen molar-refractivity contribution >= 4 is 14.2 Å². The summed E-state index contributed by atoms with van der Waals surface area (Å²) in [5, 5.41) is 2.79. The smallest absolute Gasteiger partial charge is 0.216 e. The van der Waals surface area contributed by atoms with Crippen molar-refractivity contribution in [1.29, 1.82) is 0 Å². The average molecular weight is 276 g/mol. The number of carbonyl (C=O) groups excluding carboxylic acids is 1. The molecule has 4 nitrogen and oxygen atoms in total. The topological polar surface area (TPSA) is 41.6 Å². The second-order valence-corrected chi connectivity index (χ2v) is 6.70. The predicted octanol–water partition coefficient (Wildman–Crippen LogP) is 2.98. The molecule has 5 heteroatoms. The molecule has 0 aromatic heterocycles. The number of nitrogens with one attached hydrogen (secondary N) is 1. The number of carbonyl (C=O) groups is 1. The Balaban J connectivity index is 3.74. The fourth-order valence-corrected chi connectivity index (χ4v) is 3.83. The summed E-state index contributed by atoms with van der Waals surface area (Å²) < 4.78 is 8.33. The first-order valence-electron chi connectivity index (χ1n) is 6.75. The summed E-state index contributed by atoms with van der Waals surface area (Å²) in [6, 6.07) is 1.03. The highest BCUT2D eigenvalue weighted by atomic mass is 31.2. The second-order valence-electron chi connectivity index (χ2n) is 5.06. The van der Waals surface area contributed by atoms with Crippen LogP contribution in [0.25, 0.3) is 0 Å². The molecule has 0 spiro atoms. The van der Waals surface area contributed by atoms with Gasteiger partial charge in [-0.2, -0.15) is 0 Å². The molecule has 0 aromatic rings. The molecule has 18 heavy (non-hydrogen) atoms. The number of nitrogens with zero attached hydrogens (tertiary/aromatic N) is 1. The van der Waals surface area contributed by atoms with Crippen LogP contribution in [0.5, 0.6) is 0 Å². The third-order valence-electron chi connectivity index (χ3n) is 2.61. The summed E-state index contributed by atoms with van der Waals surface area (Å²) in [6.07, 6.45) is 1.98. The summed E-state index contributed by atoms with van der Waals surface area (Å²) in [5.41, 5.74) is 0. The molecule has 0 aromatic carbocycles. The van der Waals surface area contributed by atoms with E-state index in [1.165, 1.54) is 0 Å². The average Bonchev–Trinajstić information content (AvgIpc) is 2.21. The van der Waals surface area contributed by atoms with E-state index in [1.807, 2.05) is 0 Å². The second kappa shape index (κ2) is 9.71. The highest BCUT2D eigenvalue weighted by Gasteiger charge is 2.20. The quantitative estimate of drug-likeness (QED) is 0.520. The van der Waals surface area contributed by atoms with Crippen LogP contribution in [0.1, 0.15) is 47.5 Å². The SMILES string of the molecule is CC(=O)NCCCCOP(C)N(C(C)C)C(C)C. The van der Waals surface area contributed by atoms with Gasteiger partial charge in [-0.15, -0.1) is 0 Å². The molecule has 108 valence electrons. The Morgan fingerprint density at radius 3 is 2.22 bits per heavy atom. The van der Waals surface area contributed by atoms with Gasteiger partial charge in [0.15, 0.2) is 0 Å². The molecule has 0 saturated carbocycles. The third kappa shape index (κ3) is 8.02. The summed E-state index contributed by atoms with van der Waals surface area (Å²) in [6.45, 7) is 14.1. The van der Waals surface area contributed by atoms with Crippen LogP contribution in [0.4, 0.5) is 0 Å². The fourth-order valence-electron chi connectivity index (χ4n) is 2.00. The van der Waals surface area contributed by atoms with Crippen molar-refractivity contribution in [3.05, 3.63) is 0 Å². The predicted molar refractivity (Wildman–Crippen MR) is 78.8 cm³/mol. The molecule has 0 fully saturated rings. The van der Waals surface area contributed by atoms with Crippen molar-refractivity contribution in [2.75, 3.05) is 19.8 Å². The van der Waals surface area contributed by atoms with Crippen molar-refractivity contribution in [2.24, 2.45) is 0 Å². The first-order valence-corrected chi connectivity index (χ1v) is 8.41. The lowest BCUT2D eigenvalue weighted by Crippen LogP contribution is -2.32. The van der Waals surface area contributed by atoms with E-state index >= 15 is 0 Å². The first-order chi connectivity index (χ1) is 8.36. The van der Waals surface area contributed by atoms with Gasteiger partial charge in [-0.25, -0.2) is 0 Å². The van der Waals surface area contributed by atoms with Gasteiger partial charge >= 0.3 is 0 Å². The van der Waals surface area contributed by atoms with Gasteiger partial charge in [0.05, 0.1) is 6.61 Å². The normalized spacial score (nSPS) is 13.4. The highest BCUT2D eigenvalue weighted by molar-refractivity contribution is 7.49. The van der Waals surface area contributed by atoms with Gasteiger partial charge in [-0.05, 0) is 47.2 Å². The first kappa shape index (κ1) is 17.8. The van der Waals surface area contributed by atoms with Gasteiger partial charge in [-0.3, -0.25) is 9.46 Å². The summed E-state index contributed by atoms with van der Waals surface area (Å²) in [5.74, 6) is 0.0412. The Bertz CT molecular complexity index is 227. The largest absolute Gasteiger partial charge is 0.356 e. The summed E-state index contributed by atoms with van der Waals surface area (Å²) in [7, 11) is -0.510. The summed E-state index contributed by atoms with van der Waals surface area (Å²) >= 11 is 0. The molecule has 1 unspecified atom stereocenters. The lowest BCUT2D eigenvalue weighted by Gasteiger charge is -2.35. The Labute approximate surface area is 113 Å². The van der Waals surface area contributed by atoms with E-state index in [-0.39, 0.29) is 5.91 Å². The third-order valence-corrected chi connectivity index (χ3v) is 4.74. The maximum absolute atomic E-state index is 10.7. The molecule has 1 atom stereocenters. The molecule has 0 radical (unpaired) electrons. The zero-order valence-corrected chi connectivity index (χ0v) is 13.6. The summed E-state index contributed by atoms with van der Waals surface area (Å²) in [4.78, 5) is 10.7. The number of unbranched alkanes of at least 4 members (excludes halogenated alkanes) is 1. The van der Waals surface area contributed by atoms with Crippen LogP contribution < -0.4 is 5.32 Å². The van der Waals surface area contributed by atoms with Gasteiger partial charge in [0.25, 0.3) is 0 Å². The maximum atomic E-state index is 10.7. The van der Waals surface area contributed by atoms with E-state index in [9.17, 15) is 4.79 Å². The van der Waals surface area contributed by atoms with Crippen molar-refractivity contribution in [3.8, 4) is 0 Å². The molecule has 0 heterocycles. The van der Waals surface area contributed by atoms with E-state index in [4.69, 9.17) is 4.52 Å². The standard InChI is InChI=1S/C13H29N2O2P/c1-11(2)15(12(3)4)18(6)17-10-8-7-9-14-13(5)16/h11-12H,7-10H2,1-6H3,(H,14,16). The van der Waals surface area contributed by atoms with Crippen molar-refractivity contribution < 1.29 is 9.32 Å². The van der Waals surface area contributed by atoms with Crippen LogP contribution in [-0.2, 0) is 9.32 Å². The molecule has 0 aliphatic rings. The zero-order valence-electron chi connectivity index (χ0n) is 12.7. The van der Waals surface area contributed by atoms with Crippen LogP contribution in [0.3, 0.4) is 0 Å². The molecular weight excluding hydrogens is 247 g/mol. The van der Waals surface area contributed by atoms with Gasteiger partial charge in [-0.1, -0.05) is 0 Å². The fraction of sp³-hybridized carbons (Fsp3) is 0.923. The number of hydrogen-bond donors (Lipinski definition) is 1.